The first-order valence-corrected chi connectivity index (χ1v) is 13.8. The van der Waals surface area contributed by atoms with Crippen molar-refractivity contribution >= 4 is 23.8 Å². The third-order valence-electron chi connectivity index (χ3n) is 6.88. The second-order valence-corrected chi connectivity index (χ2v) is 11.1. The number of benzene rings is 5. The number of hydrogen-bond acceptors (Lipinski definition) is 2. The molecule has 5 rings (SSSR count). The summed E-state index contributed by atoms with van der Waals surface area (Å²) in [7, 11) is 2.55. The third kappa shape index (κ3) is 4.78. The molecular formula is C34H31O2P. The first-order chi connectivity index (χ1) is 18.1. The Labute approximate surface area is 221 Å². The van der Waals surface area contributed by atoms with Crippen LogP contribution < -0.4 is 25.4 Å². The minimum absolute atomic E-state index is 0.801. The predicted molar refractivity (Wildman–Crippen MR) is 159 cm³/mol. The summed E-state index contributed by atoms with van der Waals surface area (Å²) in [6.07, 6.45) is 0. The summed E-state index contributed by atoms with van der Waals surface area (Å²) in [5, 5.41) is 3.90. The number of ether oxygens (including phenoxy) is 2. The number of aryl methyl sites for hydroxylation is 1. The highest BCUT2D eigenvalue weighted by Gasteiger charge is 2.27. The Morgan fingerprint density at radius 2 is 0.973 bits per heavy atom. The van der Waals surface area contributed by atoms with Crippen LogP contribution in [0.3, 0.4) is 0 Å². The molecule has 0 amide bonds. The van der Waals surface area contributed by atoms with Crippen molar-refractivity contribution in [3.63, 3.8) is 0 Å². The van der Waals surface area contributed by atoms with E-state index in [-0.39, 0.29) is 0 Å². The van der Waals surface area contributed by atoms with E-state index in [4.69, 9.17) is 9.47 Å². The van der Waals surface area contributed by atoms with E-state index in [9.17, 15) is 0 Å². The van der Waals surface area contributed by atoms with Crippen LogP contribution >= 0.6 is 7.92 Å². The van der Waals surface area contributed by atoms with Crippen molar-refractivity contribution in [3.8, 4) is 33.8 Å². The maximum Gasteiger partial charge on any atom is 0.130 e. The van der Waals surface area contributed by atoms with Crippen LogP contribution in [0.25, 0.3) is 22.3 Å². The van der Waals surface area contributed by atoms with E-state index in [1.54, 1.807) is 14.2 Å². The molecule has 0 radical (unpaired) electrons. The Morgan fingerprint density at radius 1 is 0.486 bits per heavy atom. The van der Waals surface area contributed by atoms with Crippen LogP contribution in [0, 0.1) is 13.8 Å². The minimum atomic E-state index is -0.903. The van der Waals surface area contributed by atoms with Gasteiger partial charge in [0.25, 0.3) is 0 Å². The number of hydrogen-bond donors (Lipinski definition) is 0. The standard InChI is InChI=1S/C34H31O2P/c1-24-14-11-19-28(25(24)2)29-20-12-21-30(33-31(35-3)22-13-23-32(33)36-4)34(29)37(26-15-7-5-8-16-26)27-17-9-6-10-18-27/h5-23H,1-4H3. The smallest absolute Gasteiger partial charge is 0.130 e. The van der Waals surface area contributed by atoms with Gasteiger partial charge in [-0.25, -0.2) is 0 Å². The molecule has 0 aliphatic rings. The van der Waals surface area contributed by atoms with E-state index in [0.717, 1.165) is 22.6 Å². The molecule has 0 fully saturated rings. The molecule has 5 aromatic carbocycles. The van der Waals surface area contributed by atoms with Gasteiger partial charge in [-0.05, 0) is 72.3 Å². The molecule has 0 atom stereocenters. The monoisotopic (exact) mass is 502 g/mol. The average Bonchev–Trinajstić information content (AvgIpc) is 2.95. The zero-order valence-electron chi connectivity index (χ0n) is 21.7. The van der Waals surface area contributed by atoms with Crippen molar-refractivity contribution in [2.75, 3.05) is 14.2 Å². The zero-order valence-corrected chi connectivity index (χ0v) is 22.6. The predicted octanol–water partition coefficient (Wildman–Crippen LogP) is 7.41. The molecule has 0 aliphatic heterocycles. The lowest BCUT2D eigenvalue weighted by Crippen LogP contribution is -2.24. The maximum absolute atomic E-state index is 5.90. The number of methoxy groups -OCH3 is 2. The number of rotatable bonds is 7. The second kappa shape index (κ2) is 11.0. The molecule has 2 nitrogen and oxygen atoms in total. The fraction of sp³-hybridized carbons (Fsp3) is 0.118. The summed E-state index contributed by atoms with van der Waals surface area (Å²) in [6, 6.07) is 41.0. The van der Waals surface area contributed by atoms with Crippen molar-refractivity contribution in [2.45, 2.75) is 13.8 Å². The van der Waals surface area contributed by atoms with Crippen LogP contribution in [0.4, 0.5) is 0 Å². The summed E-state index contributed by atoms with van der Waals surface area (Å²) < 4.78 is 11.8. The quantitative estimate of drug-likeness (QED) is 0.216. The van der Waals surface area contributed by atoms with Crippen LogP contribution in [-0.4, -0.2) is 14.2 Å². The summed E-state index contributed by atoms with van der Waals surface area (Å²) in [6.45, 7) is 4.40. The van der Waals surface area contributed by atoms with Crippen LogP contribution in [0.15, 0.2) is 115 Å². The first kappa shape index (κ1) is 24.8. The van der Waals surface area contributed by atoms with Crippen molar-refractivity contribution in [3.05, 3.63) is 126 Å². The lowest BCUT2D eigenvalue weighted by molar-refractivity contribution is 0.397. The fourth-order valence-corrected chi connectivity index (χ4v) is 7.54. The Kier molecular flexibility index (Phi) is 7.40. The zero-order chi connectivity index (χ0) is 25.8. The van der Waals surface area contributed by atoms with Crippen molar-refractivity contribution < 1.29 is 9.47 Å². The van der Waals surface area contributed by atoms with E-state index in [1.165, 1.54) is 38.2 Å². The topological polar surface area (TPSA) is 18.5 Å². The van der Waals surface area contributed by atoms with Crippen molar-refractivity contribution in [1.82, 2.24) is 0 Å². The highest BCUT2D eigenvalue weighted by atomic mass is 31.1. The molecule has 0 bridgehead atoms. The van der Waals surface area contributed by atoms with Crippen LogP contribution in [0.1, 0.15) is 11.1 Å². The maximum atomic E-state index is 5.90. The lowest BCUT2D eigenvalue weighted by atomic mass is 9.93. The highest BCUT2D eigenvalue weighted by molar-refractivity contribution is 7.80. The van der Waals surface area contributed by atoms with Crippen LogP contribution in [0.2, 0.25) is 0 Å². The first-order valence-electron chi connectivity index (χ1n) is 12.4. The van der Waals surface area contributed by atoms with E-state index in [2.05, 4.69) is 111 Å². The molecule has 0 aromatic heterocycles. The van der Waals surface area contributed by atoms with Gasteiger partial charge in [0, 0.05) is 5.30 Å². The summed E-state index contributed by atoms with van der Waals surface area (Å²) in [4.78, 5) is 0. The summed E-state index contributed by atoms with van der Waals surface area (Å²) in [5.74, 6) is 1.60. The Bertz CT molecular complexity index is 1450. The lowest BCUT2D eigenvalue weighted by Gasteiger charge is -2.27. The van der Waals surface area contributed by atoms with E-state index in [0.29, 0.717) is 0 Å². The van der Waals surface area contributed by atoms with Gasteiger partial charge in [-0.3, -0.25) is 0 Å². The SMILES string of the molecule is COc1cccc(OC)c1-c1cccc(-c2cccc(C)c2C)c1P(c1ccccc1)c1ccccc1. The van der Waals surface area contributed by atoms with Crippen molar-refractivity contribution in [2.24, 2.45) is 0 Å². The molecule has 0 aliphatic carbocycles. The fourth-order valence-electron chi connectivity index (χ4n) is 4.92. The van der Waals surface area contributed by atoms with Crippen LogP contribution in [0.5, 0.6) is 11.5 Å². The molecule has 184 valence electrons. The molecular weight excluding hydrogens is 471 g/mol. The second-order valence-electron chi connectivity index (χ2n) is 8.99. The molecule has 0 N–H and O–H groups in total. The van der Waals surface area contributed by atoms with Gasteiger partial charge in [-0.1, -0.05) is 103 Å². The van der Waals surface area contributed by atoms with Gasteiger partial charge in [0.05, 0.1) is 19.8 Å². The van der Waals surface area contributed by atoms with Gasteiger partial charge in [-0.15, -0.1) is 0 Å². The molecule has 0 heterocycles. The highest BCUT2D eigenvalue weighted by Crippen LogP contribution is 2.46. The van der Waals surface area contributed by atoms with Gasteiger partial charge in [-0.2, -0.15) is 0 Å². The molecule has 0 spiro atoms. The third-order valence-corrected chi connectivity index (χ3v) is 9.44. The molecule has 5 aromatic rings. The Balaban J connectivity index is 1.94. The van der Waals surface area contributed by atoms with E-state index >= 15 is 0 Å². The molecule has 0 saturated carbocycles. The molecule has 0 saturated heterocycles. The van der Waals surface area contributed by atoms with E-state index < -0.39 is 7.92 Å². The van der Waals surface area contributed by atoms with Crippen LogP contribution in [-0.2, 0) is 0 Å². The normalized spacial score (nSPS) is 10.9. The molecule has 37 heavy (non-hydrogen) atoms. The molecule has 3 heteroatoms. The van der Waals surface area contributed by atoms with E-state index in [1.807, 2.05) is 18.2 Å². The van der Waals surface area contributed by atoms with Gasteiger partial charge in [0.2, 0.25) is 0 Å². The minimum Gasteiger partial charge on any atom is -0.496 e. The van der Waals surface area contributed by atoms with Gasteiger partial charge >= 0.3 is 0 Å². The van der Waals surface area contributed by atoms with Gasteiger partial charge < -0.3 is 9.47 Å². The summed E-state index contributed by atoms with van der Waals surface area (Å²) in [5.41, 5.74) is 7.19. The largest absolute Gasteiger partial charge is 0.496 e. The summed E-state index contributed by atoms with van der Waals surface area (Å²) >= 11 is 0. The van der Waals surface area contributed by atoms with Gasteiger partial charge in [0.1, 0.15) is 11.5 Å². The van der Waals surface area contributed by atoms with Crippen molar-refractivity contribution in [1.29, 1.82) is 0 Å². The average molecular weight is 503 g/mol. The molecule has 0 unspecified atom stereocenters. The Hall–Kier alpha value is -3.87. The van der Waals surface area contributed by atoms with Gasteiger partial charge in [0.15, 0.2) is 0 Å². The Morgan fingerprint density at radius 3 is 1.54 bits per heavy atom.